The summed E-state index contributed by atoms with van der Waals surface area (Å²) in [7, 11) is 1.53. The average molecular weight is 578 g/mol. The molecule has 1 unspecified atom stereocenters. The van der Waals surface area contributed by atoms with Crippen LogP contribution in [0.2, 0.25) is 5.02 Å². The van der Waals surface area contributed by atoms with E-state index in [1.165, 1.54) is 35.7 Å². The molecule has 0 radical (unpaired) electrons. The number of likely N-dealkylation sites (N-methyl/N-ethyl adjacent to an activating group) is 1. The Morgan fingerprint density at radius 1 is 1.08 bits per heavy atom. The van der Waals surface area contributed by atoms with Gasteiger partial charge in [-0.1, -0.05) is 18.5 Å². The minimum Gasteiger partial charge on any atom is -0.465 e. The molecule has 0 aliphatic carbocycles. The van der Waals surface area contributed by atoms with Crippen molar-refractivity contribution in [2.45, 2.75) is 24.5 Å². The molecule has 1 aliphatic rings. The van der Waals surface area contributed by atoms with Gasteiger partial charge in [0.05, 0.1) is 9.92 Å². The van der Waals surface area contributed by atoms with E-state index in [0.717, 1.165) is 0 Å². The molecule has 1 amide bonds. The second-order valence-electron chi connectivity index (χ2n) is 9.11. The first-order valence-corrected chi connectivity index (χ1v) is 14.2. The zero-order valence-electron chi connectivity index (χ0n) is 22.3. The summed E-state index contributed by atoms with van der Waals surface area (Å²) in [6.45, 7) is 4.03. The standard InChI is InChI=1S/C26H32ClN5O6S/c1-5-25(36-4)38-20-15-18(26(33)28-24-8-9-31(3)29-24)14-19(16-20)37-23-7-6-21(17-22(23)27)39(34,35)32-12-10-30(2)11-13-32/h6-9,14-17,25H,5,10-13H2,1-4H3,(H,28,29,33). The van der Waals surface area contributed by atoms with Crippen molar-refractivity contribution in [1.82, 2.24) is 19.0 Å². The monoisotopic (exact) mass is 577 g/mol. The molecule has 2 heterocycles. The smallest absolute Gasteiger partial charge is 0.257 e. The third-order valence-corrected chi connectivity index (χ3v) is 8.38. The van der Waals surface area contributed by atoms with Gasteiger partial charge in [0.15, 0.2) is 12.1 Å². The van der Waals surface area contributed by atoms with Gasteiger partial charge in [-0.3, -0.25) is 9.48 Å². The summed E-state index contributed by atoms with van der Waals surface area (Å²) in [6.07, 6.45) is 1.75. The Morgan fingerprint density at radius 3 is 2.41 bits per heavy atom. The molecule has 0 spiro atoms. The number of anilines is 1. The maximum atomic E-state index is 13.1. The van der Waals surface area contributed by atoms with Gasteiger partial charge in [0, 0.05) is 70.7 Å². The Morgan fingerprint density at radius 2 is 1.79 bits per heavy atom. The number of ether oxygens (including phenoxy) is 3. The predicted octanol–water partition coefficient (Wildman–Crippen LogP) is 3.82. The Bertz CT molecular complexity index is 1420. The molecule has 11 nitrogen and oxygen atoms in total. The SMILES string of the molecule is CCC(OC)Oc1cc(Oc2ccc(S(=O)(=O)N3CCN(C)CC3)cc2Cl)cc(C(=O)Nc2ccn(C)n2)c1. The van der Waals surface area contributed by atoms with Crippen molar-refractivity contribution in [3.8, 4) is 17.2 Å². The number of piperazine rings is 1. The lowest BCUT2D eigenvalue weighted by Crippen LogP contribution is -2.46. The number of halogens is 1. The van der Waals surface area contributed by atoms with Crippen molar-refractivity contribution >= 4 is 33.3 Å². The van der Waals surface area contributed by atoms with Gasteiger partial charge in [-0.05, 0) is 37.4 Å². The highest BCUT2D eigenvalue weighted by molar-refractivity contribution is 7.89. The van der Waals surface area contributed by atoms with Crippen LogP contribution in [0.4, 0.5) is 5.82 Å². The van der Waals surface area contributed by atoms with E-state index in [-0.39, 0.29) is 27.0 Å². The Labute approximate surface area is 233 Å². The lowest BCUT2D eigenvalue weighted by Gasteiger charge is -2.31. The van der Waals surface area contributed by atoms with Crippen molar-refractivity contribution in [2.24, 2.45) is 7.05 Å². The highest BCUT2D eigenvalue weighted by Crippen LogP contribution is 2.35. The summed E-state index contributed by atoms with van der Waals surface area (Å²) in [5, 5.41) is 7.02. The van der Waals surface area contributed by atoms with Gasteiger partial charge < -0.3 is 24.4 Å². The summed E-state index contributed by atoms with van der Waals surface area (Å²) < 4.78 is 46.5. The Hall–Kier alpha value is -3.16. The van der Waals surface area contributed by atoms with Crippen LogP contribution in [0.3, 0.4) is 0 Å². The van der Waals surface area contributed by atoms with E-state index in [1.807, 2.05) is 14.0 Å². The van der Waals surface area contributed by atoms with Crippen LogP contribution in [0.5, 0.6) is 17.2 Å². The van der Waals surface area contributed by atoms with E-state index < -0.39 is 22.2 Å². The fourth-order valence-corrected chi connectivity index (χ4v) is 5.71. The molecule has 1 fully saturated rings. The van der Waals surface area contributed by atoms with E-state index in [1.54, 1.807) is 36.1 Å². The van der Waals surface area contributed by atoms with Crippen LogP contribution in [0.25, 0.3) is 0 Å². The Balaban J connectivity index is 1.59. The van der Waals surface area contributed by atoms with Crippen LogP contribution >= 0.6 is 11.6 Å². The van der Waals surface area contributed by atoms with Gasteiger partial charge in [-0.15, -0.1) is 0 Å². The van der Waals surface area contributed by atoms with E-state index >= 15 is 0 Å². The molecule has 1 aliphatic heterocycles. The van der Waals surface area contributed by atoms with Crippen LogP contribution in [0.15, 0.2) is 53.6 Å². The van der Waals surface area contributed by atoms with Crippen molar-refractivity contribution < 1.29 is 27.4 Å². The number of carbonyl (C=O) groups is 1. The van der Waals surface area contributed by atoms with Gasteiger partial charge in [0.2, 0.25) is 10.0 Å². The number of rotatable bonds is 10. The van der Waals surface area contributed by atoms with Crippen molar-refractivity contribution in [3.05, 3.63) is 59.2 Å². The number of hydrogen-bond acceptors (Lipinski definition) is 8. The van der Waals surface area contributed by atoms with Crippen LogP contribution in [-0.2, 0) is 21.8 Å². The second kappa shape index (κ2) is 12.3. The first kappa shape index (κ1) is 28.8. The molecule has 4 rings (SSSR count). The van der Waals surface area contributed by atoms with E-state index in [2.05, 4.69) is 15.3 Å². The highest BCUT2D eigenvalue weighted by atomic mass is 35.5. The van der Waals surface area contributed by atoms with Crippen LogP contribution in [0, 0.1) is 0 Å². The van der Waals surface area contributed by atoms with E-state index in [4.69, 9.17) is 25.8 Å². The molecule has 1 N–H and O–H groups in total. The Kier molecular flexibility index (Phi) is 9.13. The van der Waals surface area contributed by atoms with E-state index in [0.29, 0.717) is 44.2 Å². The molecule has 210 valence electrons. The number of aryl methyl sites for hydroxylation is 1. The summed E-state index contributed by atoms with van der Waals surface area (Å²) >= 11 is 6.47. The highest BCUT2D eigenvalue weighted by Gasteiger charge is 2.28. The third-order valence-electron chi connectivity index (χ3n) is 6.19. The van der Waals surface area contributed by atoms with Crippen LogP contribution in [0.1, 0.15) is 23.7 Å². The van der Waals surface area contributed by atoms with Gasteiger partial charge >= 0.3 is 0 Å². The normalized spacial score (nSPS) is 15.6. The largest absolute Gasteiger partial charge is 0.465 e. The zero-order valence-corrected chi connectivity index (χ0v) is 23.8. The minimum atomic E-state index is -3.70. The number of amides is 1. The predicted molar refractivity (Wildman–Crippen MR) is 147 cm³/mol. The molecule has 39 heavy (non-hydrogen) atoms. The molecule has 1 aromatic heterocycles. The van der Waals surface area contributed by atoms with Crippen molar-refractivity contribution in [2.75, 3.05) is 45.7 Å². The fourth-order valence-electron chi connectivity index (χ4n) is 3.98. The number of nitrogens with zero attached hydrogens (tertiary/aromatic N) is 4. The summed E-state index contributed by atoms with van der Waals surface area (Å²) in [5.41, 5.74) is 0.254. The van der Waals surface area contributed by atoms with Crippen molar-refractivity contribution in [3.63, 3.8) is 0 Å². The molecular formula is C26H32ClN5O6S. The van der Waals surface area contributed by atoms with Gasteiger partial charge in [-0.2, -0.15) is 9.40 Å². The molecule has 1 atom stereocenters. The topological polar surface area (TPSA) is 115 Å². The van der Waals surface area contributed by atoms with Gasteiger partial charge in [-0.25, -0.2) is 8.42 Å². The number of aromatic nitrogens is 2. The number of hydrogen-bond donors (Lipinski definition) is 1. The maximum absolute atomic E-state index is 13.1. The number of sulfonamides is 1. The fraction of sp³-hybridized carbons (Fsp3) is 0.385. The molecule has 2 aromatic carbocycles. The molecule has 0 bridgehead atoms. The lowest BCUT2D eigenvalue weighted by molar-refractivity contribution is -0.0549. The molecule has 0 saturated carbocycles. The average Bonchev–Trinajstić information content (AvgIpc) is 3.32. The number of benzene rings is 2. The van der Waals surface area contributed by atoms with Crippen molar-refractivity contribution in [1.29, 1.82) is 0 Å². The second-order valence-corrected chi connectivity index (χ2v) is 11.5. The molecule has 3 aromatic rings. The number of methoxy groups -OCH3 is 1. The molecular weight excluding hydrogens is 546 g/mol. The number of carbonyl (C=O) groups excluding carboxylic acids is 1. The third kappa shape index (κ3) is 7.08. The summed E-state index contributed by atoms with van der Waals surface area (Å²) in [5.74, 6) is 0.800. The zero-order chi connectivity index (χ0) is 28.2. The lowest BCUT2D eigenvalue weighted by atomic mass is 10.2. The van der Waals surface area contributed by atoms with Crippen LogP contribution in [-0.4, -0.2) is 79.9 Å². The van der Waals surface area contributed by atoms with Gasteiger partial charge in [0.25, 0.3) is 5.91 Å². The maximum Gasteiger partial charge on any atom is 0.257 e. The van der Waals surface area contributed by atoms with Gasteiger partial charge in [0.1, 0.15) is 17.2 Å². The van der Waals surface area contributed by atoms with Crippen LogP contribution < -0.4 is 14.8 Å². The molecule has 13 heteroatoms. The summed E-state index contributed by atoms with van der Waals surface area (Å²) in [4.78, 5) is 15.2. The first-order chi connectivity index (χ1) is 18.6. The first-order valence-electron chi connectivity index (χ1n) is 12.4. The van der Waals surface area contributed by atoms with E-state index in [9.17, 15) is 13.2 Å². The number of nitrogens with one attached hydrogen (secondary N) is 1. The quantitative estimate of drug-likeness (QED) is 0.362. The summed E-state index contributed by atoms with van der Waals surface area (Å²) in [6, 6.07) is 10.7. The molecule has 1 saturated heterocycles. The minimum absolute atomic E-state index is 0.0859.